The summed E-state index contributed by atoms with van der Waals surface area (Å²) in [5.41, 5.74) is 0. The molecule has 0 amide bonds. The SMILES string of the molecule is O=P(=O)O.[Ag]. The molecule has 1 radical (unpaired) electrons. The Labute approximate surface area is 44.8 Å². The minimum Gasteiger partial charge on any atom is -0.287 e. The van der Waals surface area contributed by atoms with Crippen molar-refractivity contribution in [1.29, 1.82) is 0 Å². The van der Waals surface area contributed by atoms with Crippen molar-refractivity contribution < 1.29 is 36.4 Å². The third-order valence-electron chi connectivity index (χ3n) is 0. The molecule has 0 aromatic rings. The molecule has 5 heavy (non-hydrogen) atoms. The molecule has 0 aromatic carbocycles. The van der Waals surface area contributed by atoms with Crippen LogP contribution in [0.15, 0.2) is 0 Å². The summed E-state index contributed by atoms with van der Waals surface area (Å²) in [7, 11) is -3.12. The first-order valence-electron chi connectivity index (χ1n) is 0.565. The van der Waals surface area contributed by atoms with Crippen LogP contribution in [0.1, 0.15) is 0 Å². The van der Waals surface area contributed by atoms with Crippen LogP contribution < -0.4 is 0 Å². The van der Waals surface area contributed by atoms with Gasteiger partial charge in [-0.2, -0.15) is 0 Å². The van der Waals surface area contributed by atoms with Crippen LogP contribution in [-0.2, 0) is 31.5 Å². The van der Waals surface area contributed by atoms with Gasteiger partial charge in [0.2, 0.25) is 0 Å². The number of hydrogen-bond acceptors (Lipinski definition) is 2. The smallest absolute Gasteiger partial charge is 0.287 e. The molecule has 0 atom stereocenters. The van der Waals surface area contributed by atoms with E-state index in [1.165, 1.54) is 0 Å². The summed E-state index contributed by atoms with van der Waals surface area (Å²) in [6.45, 7) is 0. The van der Waals surface area contributed by atoms with Crippen LogP contribution >= 0.6 is 7.91 Å². The quantitative estimate of drug-likeness (QED) is 0.432. The van der Waals surface area contributed by atoms with Crippen LogP contribution in [0.25, 0.3) is 0 Å². The van der Waals surface area contributed by atoms with Gasteiger partial charge in [0.1, 0.15) is 0 Å². The second-order valence-electron chi connectivity index (χ2n) is 0.238. The Balaban J connectivity index is 0. The molecule has 3 nitrogen and oxygen atoms in total. The second kappa shape index (κ2) is 4.60. The Morgan fingerprint density at radius 3 is 1.40 bits per heavy atom. The standard InChI is InChI=1S/Ag.HO3P/c;1-4(2)3/h;(H,1,2,3). The summed E-state index contributed by atoms with van der Waals surface area (Å²) >= 11 is 0. The molecule has 1 N–H and O–H groups in total. The van der Waals surface area contributed by atoms with Crippen LogP contribution in [-0.4, -0.2) is 4.89 Å². The molecule has 0 fully saturated rings. The molecule has 0 saturated heterocycles. The van der Waals surface area contributed by atoms with E-state index in [1.54, 1.807) is 0 Å². The molecule has 0 spiro atoms. The van der Waals surface area contributed by atoms with Crippen LogP contribution in [0.5, 0.6) is 0 Å². The van der Waals surface area contributed by atoms with Gasteiger partial charge in [0.25, 0.3) is 0 Å². The van der Waals surface area contributed by atoms with Crippen molar-refractivity contribution in [3.05, 3.63) is 0 Å². The number of rotatable bonds is 0. The van der Waals surface area contributed by atoms with Crippen LogP contribution in [0, 0.1) is 0 Å². The third-order valence-corrected chi connectivity index (χ3v) is 0. The van der Waals surface area contributed by atoms with Crippen LogP contribution in [0.4, 0.5) is 0 Å². The first-order chi connectivity index (χ1) is 1.73. The molecule has 0 saturated carbocycles. The molecule has 0 aliphatic heterocycles. The molecule has 5 heteroatoms. The maximum absolute atomic E-state index is 8.59. The van der Waals surface area contributed by atoms with Crippen molar-refractivity contribution in [3.63, 3.8) is 0 Å². The molecule has 0 heterocycles. The van der Waals surface area contributed by atoms with Gasteiger partial charge in [-0.25, -0.2) is 9.13 Å². The van der Waals surface area contributed by atoms with Gasteiger partial charge in [-0.05, 0) is 0 Å². The molecule has 35 valence electrons. The minimum absolute atomic E-state index is 0. The first kappa shape index (κ1) is 9.14. The van der Waals surface area contributed by atoms with E-state index in [-0.39, 0.29) is 22.4 Å². The predicted molar refractivity (Wildman–Crippen MR) is 10.5 cm³/mol. The monoisotopic (exact) mass is 187 g/mol. The van der Waals surface area contributed by atoms with Crippen LogP contribution in [0.3, 0.4) is 0 Å². The molecule has 0 rings (SSSR count). The van der Waals surface area contributed by atoms with E-state index >= 15 is 0 Å². The first-order valence-corrected chi connectivity index (χ1v) is 1.70. The fourth-order valence-corrected chi connectivity index (χ4v) is 0. The van der Waals surface area contributed by atoms with Crippen molar-refractivity contribution in [2.24, 2.45) is 0 Å². The third kappa shape index (κ3) is 86.3. The fourth-order valence-electron chi connectivity index (χ4n) is 0. The predicted octanol–water partition coefficient (Wildman–Crippen LogP) is 0.0641. The fraction of sp³-hybridized carbons (Fsp3) is 0. The molecule has 0 aromatic heterocycles. The minimum atomic E-state index is -3.12. The van der Waals surface area contributed by atoms with E-state index in [1.807, 2.05) is 0 Å². The maximum atomic E-state index is 8.59. The summed E-state index contributed by atoms with van der Waals surface area (Å²) in [6, 6.07) is 0. The van der Waals surface area contributed by atoms with Gasteiger partial charge in [-0.15, -0.1) is 0 Å². The van der Waals surface area contributed by atoms with Gasteiger partial charge in [0, 0.05) is 22.4 Å². The van der Waals surface area contributed by atoms with Crippen molar-refractivity contribution >= 4 is 7.91 Å². The molecule has 0 unspecified atom stereocenters. The Morgan fingerprint density at radius 2 is 1.40 bits per heavy atom. The summed E-state index contributed by atoms with van der Waals surface area (Å²) in [4.78, 5) is 7.01. The Morgan fingerprint density at radius 1 is 1.40 bits per heavy atom. The van der Waals surface area contributed by atoms with E-state index in [9.17, 15) is 0 Å². The van der Waals surface area contributed by atoms with Crippen molar-refractivity contribution in [2.75, 3.05) is 0 Å². The van der Waals surface area contributed by atoms with E-state index in [4.69, 9.17) is 14.0 Å². The van der Waals surface area contributed by atoms with E-state index in [0.29, 0.717) is 0 Å². The summed E-state index contributed by atoms with van der Waals surface area (Å²) in [5.74, 6) is 0. The zero-order chi connectivity index (χ0) is 3.58. The van der Waals surface area contributed by atoms with Crippen molar-refractivity contribution in [1.82, 2.24) is 0 Å². The van der Waals surface area contributed by atoms with Gasteiger partial charge in [0.15, 0.2) is 0 Å². The molecule has 0 bridgehead atoms. The summed E-state index contributed by atoms with van der Waals surface area (Å²) in [5, 5.41) is 0. The van der Waals surface area contributed by atoms with Crippen molar-refractivity contribution in [2.45, 2.75) is 0 Å². The Kier molecular flexibility index (Phi) is 8.41. The summed E-state index contributed by atoms with van der Waals surface area (Å²) in [6.07, 6.45) is 0. The molecular formula is HAgO3P. The average molecular weight is 188 g/mol. The van der Waals surface area contributed by atoms with Gasteiger partial charge in [-0.3, -0.25) is 4.89 Å². The second-order valence-corrected chi connectivity index (χ2v) is 0.714. The Hall–Kier alpha value is 0.600. The van der Waals surface area contributed by atoms with Gasteiger partial charge < -0.3 is 0 Å². The van der Waals surface area contributed by atoms with E-state index in [2.05, 4.69) is 0 Å². The zero-order valence-electron chi connectivity index (χ0n) is 2.01. The molecular weight excluding hydrogens is 187 g/mol. The topological polar surface area (TPSA) is 54.4 Å². The molecule has 0 aliphatic rings. The Bertz CT molecular complexity index is 55.3. The van der Waals surface area contributed by atoms with E-state index < -0.39 is 7.91 Å². The van der Waals surface area contributed by atoms with Crippen molar-refractivity contribution in [3.8, 4) is 0 Å². The van der Waals surface area contributed by atoms with Gasteiger partial charge in [0.05, 0.1) is 0 Å². The summed E-state index contributed by atoms with van der Waals surface area (Å²) < 4.78 is 17.2. The van der Waals surface area contributed by atoms with E-state index in [0.717, 1.165) is 0 Å². The zero-order valence-corrected chi connectivity index (χ0v) is 4.39. The maximum Gasteiger partial charge on any atom is 0.465 e. The van der Waals surface area contributed by atoms with Crippen LogP contribution in [0.2, 0.25) is 0 Å². The largest absolute Gasteiger partial charge is 0.465 e. The average Bonchev–Trinajstić information content (AvgIpc) is 0.811. The molecule has 0 aliphatic carbocycles. The van der Waals surface area contributed by atoms with Gasteiger partial charge in [-0.1, -0.05) is 0 Å². The number of hydrogen-bond donors (Lipinski definition) is 1. The normalized spacial score (nSPS) is 5.00. The van der Waals surface area contributed by atoms with Gasteiger partial charge >= 0.3 is 7.91 Å².